The van der Waals surface area contributed by atoms with E-state index in [0.717, 1.165) is 37.3 Å². The number of para-hydroxylation sites is 2. The van der Waals surface area contributed by atoms with Crippen LogP contribution >= 0.6 is 0 Å². The monoisotopic (exact) mass is 354 g/mol. The molecule has 1 amide bonds. The van der Waals surface area contributed by atoms with Crippen molar-refractivity contribution in [2.24, 2.45) is 0 Å². The molecular formula is C21H26N2O3. The lowest BCUT2D eigenvalue weighted by Crippen LogP contribution is -2.20. The van der Waals surface area contributed by atoms with Gasteiger partial charge in [-0.25, -0.2) is 0 Å². The van der Waals surface area contributed by atoms with E-state index in [0.29, 0.717) is 24.5 Å². The number of carbonyl (C=O) groups excluding carboxylic acids is 1. The van der Waals surface area contributed by atoms with Crippen molar-refractivity contribution in [3.63, 3.8) is 0 Å². The average Bonchev–Trinajstić information content (AvgIpc) is 2.63. The molecule has 0 atom stereocenters. The average molecular weight is 354 g/mol. The number of likely N-dealkylation sites (N-methyl/N-ethyl adjacent to an activating group) is 1. The van der Waals surface area contributed by atoms with Gasteiger partial charge in [0.25, 0.3) is 0 Å². The summed E-state index contributed by atoms with van der Waals surface area (Å²) in [7, 11) is 4.00. The fraction of sp³-hybridized carbons (Fsp3) is 0.381. The molecule has 0 fully saturated rings. The molecule has 138 valence electrons. The molecule has 3 rings (SSSR count). The molecule has 1 heterocycles. The zero-order valence-electron chi connectivity index (χ0n) is 15.5. The quantitative estimate of drug-likeness (QED) is 0.830. The largest absolute Gasteiger partial charge is 0.493 e. The van der Waals surface area contributed by atoms with E-state index >= 15 is 0 Å². The molecule has 1 aliphatic heterocycles. The number of nitrogens with zero attached hydrogens (tertiary/aromatic N) is 1. The molecule has 0 radical (unpaired) electrons. The first-order chi connectivity index (χ1) is 12.6. The first kappa shape index (κ1) is 18.3. The highest BCUT2D eigenvalue weighted by molar-refractivity contribution is 5.93. The molecule has 0 saturated carbocycles. The number of aryl methyl sites for hydroxylation is 1. The number of ether oxygens (including phenoxy) is 2. The Morgan fingerprint density at radius 3 is 2.92 bits per heavy atom. The van der Waals surface area contributed by atoms with Gasteiger partial charge in [0.2, 0.25) is 5.91 Å². The Kier molecular flexibility index (Phi) is 6.12. The van der Waals surface area contributed by atoms with Crippen LogP contribution in [-0.2, 0) is 17.6 Å². The van der Waals surface area contributed by atoms with Crippen molar-refractivity contribution in [1.82, 2.24) is 4.90 Å². The minimum atomic E-state index is -0.0506. The molecule has 0 saturated heterocycles. The van der Waals surface area contributed by atoms with Gasteiger partial charge in [-0.05, 0) is 56.3 Å². The number of amides is 1. The molecule has 2 aromatic carbocycles. The van der Waals surface area contributed by atoms with Crippen LogP contribution < -0.4 is 14.8 Å². The molecule has 0 unspecified atom stereocenters. The van der Waals surface area contributed by atoms with E-state index in [2.05, 4.69) is 16.3 Å². The third-order valence-electron chi connectivity index (χ3n) is 4.29. The van der Waals surface area contributed by atoms with Crippen LogP contribution in [0.15, 0.2) is 42.5 Å². The van der Waals surface area contributed by atoms with Crippen molar-refractivity contribution < 1.29 is 14.3 Å². The van der Waals surface area contributed by atoms with Gasteiger partial charge < -0.3 is 19.7 Å². The van der Waals surface area contributed by atoms with E-state index in [1.807, 2.05) is 50.5 Å². The zero-order valence-corrected chi connectivity index (χ0v) is 15.5. The Balaban J connectivity index is 1.61. The molecule has 0 aromatic heterocycles. The summed E-state index contributed by atoms with van der Waals surface area (Å²) in [5.41, 5.74) is 2.89. The number of fused-ring (bicyclic) bond motifs is 1. The third kappa shape index (κ3) is 4.99. The fourth-order valence-corrected chi connectivity index (χ4v) is 2.94. The van der Waals surface area contributed by atoms with E-state index in [4.69, 9.17) is 9.47 Å². The van der Waals surface area contributed by atoms with Crippen molar-refractivity contribution in [2.45, 2.75) is 19.3 Å². The lowest BCUT2D eigenvalue weighted by molar-refractivity contribution is -0.115. The predicted octanol–water partition coefficient (Wildman–Crippen LogP) is 3.13. The van der Waals surface area contributed by atoms with Gasteiger partial charge in [0.1, 0.15) is 18.1 Å². The van der Waals surface area contributed by atoms with Crippen molar-refractivity contribution in [1.29, 1.82) is 0 Å². The molecular weight excluding hydrogens is 328 g/mol. The smallest absolute Gasteiger partial charge is 0.228 e. The Morgan fingerprint density at radius 1 is 1.23 bits per heavy atom. The van der Waals surface area contributed by atoms with Crippen LogP contribution in [0, 0.1) is 0 Å². The Morgan fingerprint density at radius 2 is 2.08 bits per heavy atom. The van der Waals surface area contributed by atoms with Gasteiger partial charge in [0.05, 0.1) is 18.7 Å². The van der Waals surface area contributed by atoms with Crippen molar-refractivity contribution in [3.8, 4) is 11.5 Å². The SMILES string of the molecule is CN(C)CCOc1ccccc1NC(=O)Cc1ccc2c(c1)CCCO2. The summed E-state index contributed by atoms with van der Waals surface area (Å²) in [5.74, 6) is 1.59. The minimum absolute atomic E-state index is 0.0506. The van der Waals surface area contributed by atoms with Gasteiger partial charge in [-0.3, -0.25) is 4.79 Å². The van der Waals surface area contributed by atoms with Gasteiger partial charge >= 0.3 is 0 Å². The molecule has 5 nitrogen and oxygen atoms in total. The minimum Gasteiger partial charge on any atom is -0.493 e. The van der Waals surface area contributed by atoms with E-state index in [-0.39, 0.29) is 5.91 Å². The predicted molar refractivity (Wildman–Crippen MR) is 103 cm³/mol. The maximum absolute atomic E-state index is 12.5. The molecule has 1 N–H and O–H groups in total. The molecule has 0 spiro atoms. The van der Waals surface area contributed by atoms with E-state index in [1.54, 1.807) is 0 Å². The Labute approximate surface area is 154 Å². The third-order valence-corrected chi connectivity index (χ3v) is 4.29. The summed E-state index contributed by atoms with van der Waals surface area (Å²) >= 11 is 0. The zero-order chi connectivity index (χ0) is 18.4. The van der Waals surface area contributed by atoms with Gasteiger partial charge in [-0.15, -0.1) is 0 Å². The molecule has 0 bridgehead atoms. The van der Waals surface area contributed by atoms with Crippen LogP contribution in [-0.4, -0.2) is 44.7 Å². The summed E-state index contributed by atoms with van der Waals surface area (Å²) in [4.78, 5) is 14.5. The highest BCUT2D eigenvalue weighted by Gasteiger charge is 2.13. The van der Waals surface area contributed by atoms with E-state index < -0.39 is 0 Å². The lowest BCUT2D eigenvalue weighted by Gasteiger charge is -2.18. The highest BCUT2D eigenvalue weighted by atomic mass is 16.5. The standard InChI is InChI=1S/C21H26N2O3/c1-23(2)11-13-26-20-8-4-3-7-18(20)22-21(24)15-16-9-10-19-17(14-16)6-5-12-25-19/h3-4,7-10,14H,5-6,11-13,15H2,1-2H3,(H,22,24). The molecule has 1 aliphatic rings. The van der Waals surface area contributed by atoms with Gasteiger partial charge in [-0.2, -0.15) is 0 Å². The number of carbonyl (C=O) groups is 1. The van der Waals surface area contributed by atoms with Crippen LogP contribution in [0.1, 0.15) is 17.5 Å². The fourth-order valence-electron chi connectivity index (χ4n) is 2.94. The number of benzene rings is 2. The normalized spacial score (nSPS) is 13.0. The molecule has 26 heavy (non-hydrogen) atoms. The highest BCUT2D eigenvalue weighted by Crippen LogP contribution is 2.27. The number of nitrogens with one attached hydrogen (secondary N) is 1. The number of hydrogen-bond donors (Lipinski definition) is 1. The van der Waals surface area contributed by atoms with Crippen LogP contribution in [0.3, 0.4) is 0 Å². The van der Waals surface area contributed by atoms with E-state index in [1.165, 1.54) is 5.56 Å². The second-order valence-corrected chi connectivity index (χ2v) is 6.77. The maximum Gasteiger partial charge on any atom is 0.228 e. The maximum atomic E-state index is 12.5. The Hall–Kier alpha value is -2.53. The lowest BCUT2D eigenvalue weighted by atomic mass is 10.0. The van der Waals surface area contributed by atoms with Crippen LogP contribution in [0.2, 0.25) is 0 Å². The number of anilines is 1. The van der Waals surface area contributed by atoms with E-state index in [9.17, 15) is 4.79 Å². The van der Waals surface area contributed by atoms with Crippen molar-refractivity contribution >= 4 is 11.6 Å². The summed E-state index contributed by atoms with van der Waals surface area (Å²) in [6.45, 7) is 2.17. The van der Waals surface area contributed by atoms with Crippen molar-refractivity contribution in [2.75, 3.05) is 39.2 Å². The van der Waals surface area contributed by atoms with Crippen LogP contribution in [0.4, 0.5) is 5.69 Å². The summed E-state index contributed by atoms with van der Waals surface area (Å²) in [6, 6.07) is 13.5. The first-order valence-electron chi connectivity index (χ1n) is 9.03. The molecule has 5 heteroatoms. The van der Waals surface area contributed by atoms with Crippen molar-refractivity contribution in [3.05, 3.63) is 53.6 Å². The first-order valence-corrected chi connectivity index (χ1v) is 9.03. The molecule has 2 aromatic rings. The summed E-state index contributed by atoms with van der Waals surface area (Å²) < 4.78 is 11.4. The number of rotatable bonds is 7. The Bertz CT molecular complexity index is 759. The summed E-state index contributed by atoms with van der Waals surface area (Å²) in [6.07, 6.45) is 2.37. The van der Waals surface area contributed by atoms with Gasteiger partial charge in [0.15, 0.2) is 0 Å². The topological polar surface area (TPSA) is 50.8 Å². The second-order valence-electron chi connectivity index (χ2n) is 6.77. The van der Waals surface area contributed by atoms with Gasteiger partial charge in [-0.1, -0.05) is 24.3 Å². The second kappa shape index (κ2) is 8.72. The molecule has 0 aliphatic carbocycles. The number of hydrogen-bond acceptors (Lipinski definition) is 4. The van der Waals surface area contributed by atoms with Crippen LogP contribution in [0.5, 0.6) is 11.5 Å². The summed E-state index contributed by atoms with van der Waals surface area (Å²) in [5, 5.41) is 2.97. The van der Waals surface area contributed by atoms with Crippen LogP contribution in [0.25, 0.3) is 0 Å². The van der Waals surface area contributed by atoms with Gasteiger partial charge in [0, 0.05) is 6.54 Å².